The van der Waals surface area contributed by atoms with E-state index in [0.717, 1.165) is 24.0 Å². The smallest absolute Gasteiger partial charge is 0.267 e. The van der Waals surface area contributed by atoms with E-state index in [1.165, 1.54) is 0 Å². The third kappa shape index (κ3) is 3.50. The van der Waals surface area contributed by atoms with Crippen LogP contribution >= 0.6 is 0 Å². The number of hydrogen-bond acceptors (Lipinski definition) is 2. The number of carbonyl (C=O) groups is 1. The lowest BCUT2D eigenvalue weighted by Crippen LogP contribution is -2.18. The maximum Gasteiger partial charge on any atom is 0.271 e. The van der Waals surface area contributed by atoms with E-state index in [4.69, 9.17) is 0 Å². The van der Waals surface area contributed by atoms with Gasteiger partial charge in [0, 0.05) is 11.8 Å². The fraction of sp³-hybridized carbons (Fsp3) is 0.385. The lowest BCUT2D eigenvalue weighted by atomic mass is 10.1. The number of aryl methyl sites for hydroxylation is 2. The topological polar surface area (TPSA) is 41.5 Å². The molecule has 86 valence electrons. The lowest BCUT2D eigenvalue weighted by molar-refractivity contribution is 0.0954. The Morgan fingerprint density at radius 2 is 2.19 bits per heavy atom. The van der Waals surface area contributed by atoms with Gasteiger partial charge in [0.2, 0.25) is 0 Å². The second-order valence-electron chi connectivity index (χ2n) is 3.86. The molecule has 1 N–H and O–H groups in total. The predicted molar refractivity (Wildman–Crippen MR) is 66.8 cm³/mol. The molecule has 1 aromatic rings. The number of rotatable bonds is 4. The van der Waals surface area contributed by atoms with Crippen molar-refractivity contribution >= 4 is 12.1 Å². The molecule has 1 rings (SSSR count). The highest BCUT2D eigenvalue weighted by Gasteiger charge is 2.06. The Kier molecular flexibility index (Phi) is 4.70. The van der Waals surface area contributed by atoms with E-state index in [-0.39, 0.29) is 5.91 Å². The lowest BCUT2D eigenvalue weighted by Gasteiger charge is -2.04. The average molecular weight is 218 g/mol. The number of amides is 1. The van der Waals surface area contributed by atoms with Gasteiger partial charge in [0.15, 0.2) is 0 Å². The molecule has 16 heavy (non-hydrogen) atoms. The zero-order valence-corrected chi connectivity index (χ0v) is 10.1. The van der Waals surface area contributed by atoms with Gasteiger partial charge in [-0.2, -0.15) is 5.10 Å². The van der Waals surface area contributed by atoms with Gasteiger partial charge in [0.25, 0.3) is 5.91 Å². The van der Waals surface area contributed by atoms with Crippen molar-refractivity contribution in [3.05, 3.63) is 34.9 Å². The number of hydrazone groups is 1. The minimum absolute atomic E-state index is 0.148. The van der Waals surface area contributed by atoms with Gasteiger partial charge in [-0.05, 0) is 31.9 Å². The van der Waals surface area contributed by atoms with Gasteiger partial charge in [-0.1, -0.05) is 31.0 Å². The van der Waals surface area contributed by atoms with Crippen molar-refractivity contribution in [1.82, 2.24) is 5.43 Å². The summed E-state index contributed by atoms with van der Waals surface area (Å²) < 4.78 is 0. The summed E-state index contributed by atoms with van der Waals surface area (Å²) >= 11 is 0. The van der Waals surface area contributed by atoms with Crippen molar-refractivity contribution < 1.29 is 4.79 Å². The molecule has 0 radical (unpaired) electrons. The van der Waals surface area contributed by atoms with Crippen molar-refractivity contribution in [2.45, 2.75) is 33.6 Å². The first kappa shape index (κ1) is 12.4. The Balaban J connectivity index is 2.66. The van der Waals surface area contributed by atoms with E-state index in [2.05, 4.69) is 17.5 Å². The highest BCUT2D eigenvalue weighted by Crippen LogP contribution is 2.10. The molecule has 1 aromatic carbocycles. The number of hydrogen-bond donors (Lipinski definition) is 1. The molecule has 0 saturated carbocycles. The van der Waals surface area contributed by atoms with Gasteiger partial charge in [-0.15, -0.1) is 0 Å². The molecule has 3 heteroatoms. The molecule has 0 fully saturated rings. The van der Waals surface area contributed by atoms with Crippen molar-refractivity contribution in [2.75, 3.05) is 0 Å². The van der Waals surface area contributed by atoms with Crippen LogP contribution in [0, 0.1) is 13.8 Å². The fourth-order valence-electron chi connectivity index (χ4n) is 1.43. The van der Waals surface area contributed by atoms with Crippen LogP contribution in [0.25, 0.3) is 0 Å². The Morgan fingerprint density at radius 3 is 2.81 bits per heavy atom. The zero-order chi connectivity index (χ0) is 12.0. The molecular formula is C13H18N2O. The summed E-state index contributed by atoms with van der Waals surface area (Å²) in [5, 5.41) is 3.88. The van der Waals surface area contributed by atoms with Crippen molar-refractivity contribution in [3.8, 4) is 0 Å². The number of nitrogens with zero attached hydrogens (tertiary/aromatic N) is 1. The predicted octanol–water partition coefficient (Wildman–Crippen LogP) is 2.82. The van der Waals surface area contributed by atoms with Crippen LogP contribution in [-0.2, 0) is 0 Å². The van der Waals surface area contributed by atoms with Gasteiger partial charge in [-0.3, -0.25) is 4.79 Å². The summed E-state index contributed by atoms with van der Waals surface area (Å²) in [7, 11) is 0. The van der Waals surface area contributed by atoms with Crippen molar-refractivity contribution in [2.24, 2.45) is 5.10 Å². The quantitative estimate of drug-likeness (QED) is 0.612. The molecule has 0 aliphatic rings. The summed E-state index contributed by atoms with van der Waals surface area (Å²) in [6.07, 6.45) is 3.64. The van der Waals surface area contributed by atoms with Gasteiger partial charge in [0.1, 0.15) is 0 Å². The molecule has 0 unspecified atom stereocenters. The van der Waals surface area contributed by atoms with E-state index in [9.17, 15) is 4.79 Å². The van der Waals surface area contributed by atoms with E-state index in [1.807, 2.05) is 32.0 Å². The largest absolute Gasteiger partial charge is 0.271 e. The highest BCUT2D eigenvalue weighted by molar-refractivity contribution is 5.95. The molecule has 0 aromatic heterocycles. The maximum absolute atomic E-state index is 11.7. The van der Waals surface area contributed by atoms with Crippen LogP contribution in [0.4, 0.5) is 0 Å². The summed E-state index contributed by atoms with van der Waals surface area (Å²) in [6.45, 7) is 6.00. The van der Waals surface area contributed by atoms with Crippen LogP contribution in [0.15, 0.2) is 23.3 Å². The average Bonchev–Trinajstić information content (AvgIpc) is 2.24. The third-order valence-corrected chi connectivity index (χ3v) is 2.30. The van der Waals surface area contributed by atoms with E-state index >= 15 is 0 Å². The van der Waals surface area contributed by atoms with Crippen LogP contribution in [-0.4, -0.2) is 12.1 Å². The van der Waals surface area contributed by atoms with E-state index < -0.39 is 0 Å². The summed E-state index contributed by atoms with van der Waals surface area (Å²) in [4.78, 5) is 11.7. The van der Waals surface area contributed by atoms with E-state index in [1.54, 1.807) is 6.21 Å². The van der Waals surface area contributed by atoms with Crippen molar-refractivity contribution in [3.63, 3.8) is 0 Å². The number of carbonyl (C=O) groups excluding carboxylic acids is 1. The van der Waals surface area contributed by atoms with Gasteiger partial charge < -0.3 is 0 Å². The van der Waals surface area contributed by atoms with Gasteiger partial charge >= 0.3 is 0 Å². The highest BCUT2D eigenvalue weighted by atomic mass is 16.2. The minimum atomic E-state index is -0.148. The first-order valence-corrected chi connectivity index (χ1v) is 5.54. The molecule has 0 aliphatic carbocycles. The van der Waals surface area contributed by atoms with Gasteiger partial charge in [-0.25, -0.2) is 5.43 Å². The molecule has 0 bridgehead atoms. The van der Waals surface area contributed by atoms with Crippen LogP contribution in [0.1, 0.15) is 41.3 Å². The number of nitrogens with one attached hydrogen (secondary N) is 1. The number of benzene rings is 1. The van der Waals surface area contributed by atoms with Crippen LogP contribution in [0.5, 0.6) is 0 Å². The first-order chi connectivity index (χ1) is 7.65. The molecule has 0 atom stereocenters. The minimum Gasteiger partial charge on any atom is -0.267 e. The molecular weight excluding hydrogens is 200 g/mol. The Bertz CT molecular complexity index is 397. The third-order valence-electron chi connectivity index (χ3n) is 2.30. The first-order valence-electron chi connectivity index (χ1n) is 5.54. The van der Waals surface area contributed by atoms with E-state index in [0.29, 0.717) is 5.56 Å². The van der Waals surface area contributed by atoms with Gasteiger partial charge in [0.05, 0.1) is 0 Å². The summed E-state index contributed by atoms with van der Waals surface area (Å²) in [5.74, 6) is -0.148. The monoisotopic (exact) mass is 218 g/mol. The van der Waals surface area contributed by atoms with Crippen LogP contribution < -0.4 is 5.43 Å². The Morgan fingerprint density at radius 1 is 1.44 bits per heavy atom. The normalized spacial score (nSPS) is 10.7. The Hall–Kier alpha value is -1.64. The van der Waals surface area contributed by atoms with Crippen molar-refractivity contribution in [1.29, 1.82) is 0 Å². The zero-order valence-electron chi connectivity index (χ0n) is 10.1. The maximum atomic E-state index is 11.7. The molecule has 0 heterocycles. The second kappa shape index (κ2) is 6.05. The van der Waals surface area contributed by atoms with Crippen LogP contribution in [0.2, 0.25) is 0 Å². The van der Waals surface area contributed by atoms with Crippen LogP contribution in [0.3, 0.4) is 0 Å². The standard InChI is InChI=1S/C13H18N2O/c1-4-5-8-14-15-13(16)12-7-6-10(2)9-11(12)3/h6-9H,4-5H2,1-3H3,(H,15,16). The molecule has 0 saturated heterocycles. The Labute approximate surface area is 96.6 Å². The second-order valence-corrected chi connectivity index (χ2v) is 3.86. The molecule has 3 nitrogen and oxygen atoms in total. The summed E-state index contributed by atoms with van der Waals surface area (Å²) in [5.41, 5.74) is 5.34. The molecule has 0 aliphatic heterocycles. The SMILES string of the molecule is CCCC=NNC(=O)c1ccc(C)cc1C. The summed E-state index contributed by atoms with van der Waals surface area (Å²) in [6, 6.07) is 5.75. The molecule has 1 amide bonds. The fourth-order valence-corrected chi connectivity index (χ4v) is 1.43. The molecule has 0 spiro atoms. The number of unbranched alkanes of at least 4 members (excludes halogenated alkanes) is 1.